The molecule has 2 fully saturated rings. The quantitative estimate of drug-likeness (QED) is 0.142. The third kappa shape index (κ3) is 4.59. The number of nitrogens with one attached hydrogen (secondary N) is 1. The van der Waals surface area contributed by atoms with Crippen LogP contribution < -0.4 is 4.74 Å². The predicted octanol–water partition coefficient (Wildman–Crippen LogP) is -1.13. The van der Waals surface area contributed by atoms with Crippen LogP contribution in [-0.4, -0.2) is 120 Å². The first kappa shape index (κ1) is 27.2. The second kappa shape index (κ2) is 10.8. The summed E-state index contributed by atoms with van der Waals surface area (Å²) in [4.78, 5) is 8.06. The number of rotatable bonds is 6. The van der Waals surface area contributed by atoms with E-state index >= 15 is 0 Å². The van der Waals surface area contributed by atoms with E-state index in [9.17, 15) is 35.7 Å². The standard InChI is InChI=1S/C27H30N2O11/c30-9-16-20(32)21(33)23(35)27(38-16)40-25-17(10-31)39-26(24(36)22(25)34)37-15-7-3-5-12-18-14(29-19(12)15)8-11-4-1-2-6-13(11)28-18/h1-8,16-17,20-27,29-36H,9-10H2/t16-,17-,20+,21+,22-,23-,24-,25-,26-,27+/m1/s1. The molecule has 13 nitrogen and oxygen atoms in total. The monoisotopic (exact) mass is 558 g/mol. The first-order valence-electron chi connectivity index (χ1n) is 12.9. The van der Waals surface area contributed by atoms with E-state index in [-0.39, 0.29) is 0 Å². The van der Waals surface area contributed by atoms with Crippen LogP contribution in [0.25, 0.3) is 32.8 Å². The highest BCUT2D eigenvalue weighted by atomic mass is 16.7. The van der Waals surface area contributed by atoms with E-state index < -0.39 is 74.6 Å². The van der Waals surface area contributed by atoms with Crippen molar-refractivity contribution in [3.63, 3.8) is 0 Å². The second-order valence-corrected chi connectivity index (χ2v) is 10.0. The van der Waals surface area contributed by atoms with Crippen LogP contribution >= 0.6 is 0 Å². The molecule has 214 valence electrons. The molecular weight excluding hydrogens is 528 g/mol. The average Bonchev–Trinajstić information content (AvgIpc) is 3.33. The number of aliphatic hydroxyl groups is 7. The van der Waals surface area contributed by atoms with Crippen molar-refractivity contribution in [2.24, 2.45) is 0 Å². The Bertz CT molecular complexity index is 1490. The van der Waals surface area contributed by atoms with Crippen molar-refractivity contribution in [1.29, 1.82) is 0 Å². The van der Waals surface area contributed by atoms with Gasteiger partial charge >= 0.3 is 0 Å². The number of hydrogen-bond acceptors (Lipinski definition) is 12. The molecule has 2 saturated heterocycles. The number of aromatic nitrogens is 2. The molecule has 4 aromatic rings. The van der Waals surface area contributed by atoms with E-state index in [4.69, 9.17) is 23.9 Å². The van der Waals surface area contributed by atoms with Gasteiger partial charge in [0.1, 0.15) is 54.6 Å². The van der Waals surface area contributed by atoms with Crippen molar-refractivity contribution >= 4 is 32.8 Å². The van der Waals surface area contributed by atoms with E-state index in [0.717, 1.165) is 27.3 Å². The molecule has 2 aromatic heterocycles. The fourth-order valence-corrected chi connectivity index (χ4v) is 5.28. The number of nitrogens with zero attached hydrogens (tertiary/aromatic N) is 1. The van der Waals surface area contributed by atoms with Gasteiger partial charge in [-0.1, -0.05) is 30.3 Å². The van der Waals surface area contributed by atoms with E-state index in [1.54, 1.807) is 12.1 Å². The number of aromatic amines is 1. The molecule has 13 heteroatoms. The molecule has 0 radical (unpaired) electrons. The Hall–Kier alpha value is -2.95. The van der Waals surface area contributed by atoms with Gasteiger partial charge in [-0.3, -0.25) is 0 Å². The highest BCUT2D eigenvalue weighted by molar-refractivity contribution is 6.09. The Kier molecular flexibility index (Phi) is 7.35. The van der Waals surface area contributed by atoms with Crippen LogP contribution in [0.15, 0.2) is 48.5 Å². The molecular formula is C27H30N2O11. The molecule has 6 rings (SSSR count). The molecule has 8 N–H and O–H groups in total. The van der Waals surface area contributed by atoms with Gasteiger partial charge in [-0.2, -0.15) is 0 Å². The Morgan fingerprint density at radius 2 is 1.50 bits per heavy atom. The molecule has 0 bridgehead atoms. The van der Waals surface area contributed by atoms with Crippen LogP contribution in [0.2, 0.25) is 0 Å². The summed E-state index contributed by atoms with van der Waals surface area (Å²) < 4.78 is 22.7. The van der Waals surface area contributed by atoms with Gasteiger partial charge in [0.25, 0.3) is 0 Å². The average molecular weight is 559 g/mol. The van der Waals surface area contributed by atoms with Crippen LogP contribution in [0.1, 0.15) is 0 Å². The summed E-state index contributed by atoms with van der Waals surface area (Å²) in [6, 6.07) is 15.0. The van der Waals surface area contributed by atoms with Gasteiger partial charge in [0.15, 0.2) is 6.29 Å². The van der Waals surface area contributed by atoms with Crippen LogP contribution in [0.4, 0.5) is 0 Å². The Labute approximate surface area is 226 Å². The molecule has 2 aliphatic rings. The van der Waals surface area contributed by atoms with E-state index in [1.807, 2.05) is 36.4 Å². The molecule has 2 aromatic carbocycles. The summed E-state index contributed by atoms with van der Waals surface area (Å²) in [5.74, 6) is 0.306. The molecule has 0 aliphatic carbocycles. The summed E-state index contributed by atoms with van der Waals surface area (Å²) in [7, 11) is 0. The molecule has 0 amide bonds. The first-order valence-corrected chi connectivity index (χ1v) is 12.9. The highest BCUT2D eigenvalue weighted by Gasteiger charge is 2.51. The van der Waals surface area contributed by atoms with Gasteiger partial charge in [-0.05, 0) is 18.2 Å². The van der Waals surface area contributed by atoms with Crippen molar-refractivity contribution in [2.75, 3.05) is 13.2 Å². The Morgan fingerprint density at radius 3 is 2.27 bits per heavy atom. The van der Waals surface area contributed by atoms with E-state index in [1.165, 1.54) is 0 Å². The predicted molar refractivity (Wildman–Crippen MR) is 138 cm³/mol. The van der Waals surface area contributed by atoms with Crippen LogP contribution in [0.5, 0.6) is 5.75 Å². The summed E-state index contributed by atoms with van der Waals surface area (Å²) in [6.45, 7) is -1.35. The zero-order valence-corrected chi connectivity index (χ0v) is 21.0. The van der Waals surface area contributed by atoms with Crippen LogP contribution in [-0.2, 0) is 14.2 Å². The fraction of sp³-hybridized carbons (Fsp3) is 0.444. The maximum Gasteiger partial charge on any atom is 0.229 e. The summed E-state index contributed by atoms with van der Waals surface area (Å²) >= 11 is 0. The largest absolute Gasteiger partial charge is 0.460 e. The van der Waals surface area contributed by atoms with Gasteiger partial charge in [-0.25, -0.2) is 4.98 Å². The summed E-state index contributed by atoms with van der Waals surface area (Å²) in [5, 5.41) is 73.3. The zero-order valence-electron chi connectivity index (χ0n) is 21.0. The van der Waals surface area contributed by atoms with Gasteiger partial charge in [0.05, 0.1) is 35.3 Å². The van der Waals surface area contributed by atoms with E-state index in [0.29, 0.717) is 11.3 Å². The summed E-state index contributed by atoms with van der Waals surface area (Å²) in [6.07, 6.45) is -15.4. The fourth-order valence-electron chi connectivity index (χ4n) is 5.28. The molecule has 0 spiro atoms. The second-order valence-electron chi connectivity index (χ2n) is 10.0. The normalized spacial score (nSPS) is 35.0. The number of pyridine rings is 1. The minimum absolute atomic E-state index is 0.306. The Morgan fingerprint density at radius 1 is 0.775 bits per heavy atom. The lowest BCUT2D eigenvalue weighted by atomic mass is 9.97. The maximum absolute atomic E-state index is 10.9. The van der Waals surface area contributed by atoms with Crippen molar-refractivity contribution < 1.29 is 54.7 Å². The van der Waals surface area contributed by atoms with Crippen molar-refractivity contribution in [3.8, 4) is 5.75 Å². The molecule has 0 unspecified atom stereocenters. The van der Waals surface area contributed by atoms with Gasteiger partial charge < -0.3 is 59.7 Å². The number of ether oxygens (including phenoxy) is 4. The number of hydrogen-bond donors (Lipinski definition) is 8. The van der Waals surface area contributed by atoms with Crippen LogP contribution in [0.3, 0.4) is 0 Å². The highest BCUT2D eigenvalue weighted by Crippen LogP contribution is 2.35. The zero-order chi connectivity index (χ0) is 28.1. The van der Waals surface area contributed by atoms with Gasteiger partial charge in [0, 0.05) is 10.8 Å². The molecule has 40 heavy (non-hydrogen) atoms. The van der Waals surface area contributed by atoms with Gasteiger partial charge in [0.2, 0.25) is 6.29 Å². The Balaban J connectivity index is 1.25. The third-order valence-corrected chi connectivity index (χ3v) is 7.47. The number of fused-ring (bicyclic) bond motifs is 4. The van der Waals surface area contributed by atoms with Crippen LogP contribution in [0, 0.1) is 0 Å². The number of para-hydroxylation sites is 2. The molecule has 4 heterocycles. The summed E-state index contributed by atoms with van der Waals surface area (Å²) in [5.41, 5.74) is 2.92. The topological polar surface area (TPSA) is 207 Å². The lowest BCUT2D eigenvalue weighted by Crippen LogP contribution is -2.65. The lowest BCUT2D eigenvalue weighted by Gasteiger charge is -2.45. The van der Waals surface area contributed by atoms with Crippen molar-refractivity contribution in [2.45, 2.75) is 61.4 Å². The maximum atomic E-state index is 10.9. The number of aliphatic hydroxyl groups excluding tert-OH is 7. The third-order valence-electron chi connectivity index (χ3n) is 7.47. The SMILES string of the molecule is OC[C@H]1O[C@@H](O[C@H]2[C@H](O)[C@@H](O)[C@H](Oc3cccc4c3[nH]c3cc5ccccc5nc34)O[C@@H]2CO)[C@H](O)[C@@H](O)[C@H]1O. The van der Waals surface area contributed by atoms with E-state index in [2.05, 4.69) is 4.98 Å². The minimum atomic E-state index is -1.75. The van der Waals surface area contributed by atoms with Crippen molar-refractivity contribution in [1.82, 2.24) is 9.97 Å². The number of H-pyrrole nitrogens is 1. The van der Waals surface area contributed by atoms with Crippen molar-refractivity contribution in [3.05, 3.63) is 48.5 Å². The van der Waals surface area contributed by atoms with Gasteiger partial charge in [-0.15, -0.1) is 0 Å². The smallest absolute Gasteiger partial charge is 0.229 e. The lowest BCUT2D eigenvalue weighted by molar-refractivity contribution is -0.352. The molecule has 0 saturated carbocycles. The molecule has 2 aliphatic heterocycles. The molecule has 10 atom stereocenters. The number of benzene rings is 2. The first-order chi connectivity index (χ1) is 19.3. The minimum Gasteiger partial charge on any atom is -0.460 e.